The van der Waals surface area contributed by atoms with Gasteiger partial charge < -0.3 is 20.3 Å². The summed E-state index contributed by atoms with van der Waals surface area (Å²) in [4.78, 5) is 0. The maximum Gasteiger partial charge on any atom is 0.119 e. The van der Waals surface area contributed by atoms with Crippen LogP contribution >= 0.6 is 0 Å². The molecule has 1 fully saturated rings. The summed E-state index contributed by atoms with van der Waals surface area (Å²) < 4.78 is 5.13. The van der Waals surface area contributed by atoms with Crippen molar-refractivity contribution in [3.8, 4) is 5.75 Å². The van der Waals surface area contributed by atoms with Crippen molar-refractivity contribution >= 4 is 0 Å². The van der Waals surface area contributed by atoms with Crippen molar-refractivity contribution in [2.75, 3.05) is 20.3 Å². The standard InChI is InChI=1S/C14H21NO3/c1-18-12-5-2-4-11(8-12)13(17)9-15-14(10-16)6-3-7-14/h2,4-5,8,13,15-17H,3,6-7,9-10H2,1H3. The smallest absolute Gasteiger partial charge is 0.119 e. The molecule has 4 heteroatoms. The van der Waals surface area contributed by atoms with Crippen LogP contribution in [-0.4, -0.2) is 36.0 Å². The summed E-state index contributed by atoms with van der Waals surface area (Å²) >= 11 is 0. The Kier molecular flexibility index (Phi) is 4.22. The van der Waals surface area contributed by atoms with Gasteiger partial charge in [0, 0.05) is 12.1 Å². The van der Waals surface area contributed by atoms with Crippen molar-refractivity contribution in [3.05, 3.63) is 29.8 Å². The van der Waals surface area contributed by atoms with Crippen molar-refractivity contribution in [1.82, 2.24) is 5.32 Å². The summed E-state index contributed by atoms with van der Waals surface area (Å²) in [5.41, 5.74) is 0.661. The molecular formula is C14H21NO3. The zero-order valence-electron chi connectivity index (χ0n) is 10.7. The first-order valence-electron chi connectivity index (χ1n) is 6.37. The van der Waals surface area contributed by atoms with Crippen LogP contribution in [0.5, 0.6) is 5.75 Å². The summed E-state index contributed by atoms with van der Waals surface area (Å²) in [6.07, 6.45) is 2.52. The molecule has 0 aliphatic heterocycles. The molecule has 0 spiro atoms. The van der Waals surface area contributed by atoms with Crippen molar-refractivity contribution < 1.29 is 14.9 Å². The molecule has 1 unspecified atom stereocenters. The number of nitrogens with one attached hydrogen (secondary N) is 1. The zero-order chi connectivity index (χ0) is 13.0. The second kappa shape index (κ2) is 5.69. The minimum atomic E-state index is -0.580. The third-order valence-corrected chi connectivity index (χ3v) is 3.76. The number of aliphatic hydroxyl groups is 2. The average molecular weight is 251 g/mol. The van der Waals surface area contributed by atoms with Crippen LogP contribution in [-0.2, 0) is 0 Å². The van der Waals surface area contributed by atoms with E-state index in [1.807, 2.05) is 24.3 Å². The lowest BCUT2D eigenvalue weighted by Crippen LogP contribution is -2.54. The highest BCUT2D eigenvalue weighted by molar-refractivity contribution is 5.30. The fourth-order valence-corrected chi connectivity index (χ4v) is 2.27. The Labute approximate surface area is 108 Å². The number of hydrogen-bond acceptors (Lipinski definition) is 4. The van der Waals surface area contributed by atoms with Crippen molar-refractivity contribution in [3.63, 3.8) is 0 Å². The third-order valence-electron chi connectivity index (χ3n) is 3.76. The van der Waals surface area contributed by atoms with E-state index in [4.69, 9.17) is 4.74 Å². The Bertz CT molecular complexity index is 385. The highest BCUT2D eigenvalue weighted by Gasteiger charge is 2.36. The Morgan fingerprint density at radius 1 is 1.44 bits per heavy atom. The maximum absolute atomic E-state index is 10.1. The van der Waals surface area contributed by atoms with Gasteiger partial charge in [0.15, 0.2) is 0 Å². The summed E-state index contributed by atoms with van der Waals surface area (Å²) in [5, 5.41) is 22.7. The van der Waals surface area contributed by atoms with Crippen molar-refractivity contribution in [2.45, 2.75) is 30.9 Å². The molecule has 1 aromatic carbocycles. The van der Waals surface area contributed by atoms with Crippen LogP contribution in [0.3, 0.4) is 0 Å². The molecular weight excluding hydrogens is 230 g/mol. The molecule has 0 bridgehead atoms. The van der Waals surface area contributed by atoms with Crippen LogP contribution in [0.15, 0.2) is 24.3 Å². The molecule has 1 aliphatic carbocycles. The number of hydrogen-bond donors (Lipinski definition) is 3. The molecule has 2 rings (SSSR count). The van der Waals surface area contributed by atoms with Gasteiger partial charge in [-0.15, -0.1) is 0 Å². The predicted octanol–water partition coefficient (Wildman–Crippen LogP) is 1.23. The van der Waals surface area contributed by atoms with Crippen LogP contribution in [0.25, 0.3) is 0 Å². The summed E-state index contributed by atoms with van der Waals surface area (Å²) in [7, 11) is 1.61. The SMILES string of the molecule is COc1cccc(C(O)CNC2(CO)CCC2)c1. The Balaban J connectivity index is 1.92. The topological polar surface area (TPSA) is 61.7 Å². The highest BCUT2D eigenvalue weighted by atomic mass is 16.5. The lowest BCUT2D eigenvalue weighted by atomic mass is 9.77. The quantitative estimate of drug-likeness (QED) is 0.711. The largest absolute Gasteiger partial charge is 0.497 e. The lowest BCUT2D eigenvalue weighted by Gasteiger charge is -2.41. The highest BCUT2D eigenvalue weighted by Crippen LogP contribution is 2.31. The normalized spacial score (nSPS) is 19.1. The second-order valence-electron chi connectivity index (χ2n) is 4.97. The second-order valence-corrected chi connectivity index (χ2v) is 4.97. The zero-order valence-corrected chi connectivity index (χ0v) is 10.7. The Morgan fingerprint density at radius 3 is 2.78 bits per heavy atom. The van der Waals surface area contributed by atoms with E-state index in [1.165, 1.54) is 0 Å². The Morgan fingerprint density at radius 2 is 2.22 bits per heavy atom. The van der Waals surface area contributed by atoms with Gasteiger partial charge in [-0.1, -0.05) is 12.1 Å². The van der Waals surface area contributed by atoms with Crippen LogP contribution in [0, 0.1) is 0 Å². The minimum Gasteiger partial charge on any atom is -0.497 e. The van der Waals surface area contributed by atoms with E-state index in [2.05, 4.69) is 5.32 Å². The summed E-state index contributed by atoms with van der Waals surface area (Å²) in [5.74, 6) is 0.743. The van der Waals surface area contributed by atoms with E-state index >= 15 is 0 Å². The first-order valence-corrected chi connectivity index (χ1v) is 6.37. The lowest BCUT2D eigenvalue weighted by molar-refractivity contribution is 0.0687. The minimum absolute atomic E-state index is 0.137. The van der Waals surface area contributed by atoms with Gasteiger partial charge in [-0.3, -0.25) is 0 Å². The van der Waals surface area contributed by atoms with E-state index in [1.54, 1.807) is 7.11 Å². The molecule has 18 heavy (non-hydrogen) atoms. The summed E-state index contributed by atoms with van der Waals surface area (Å²) in [6, 6.07) is 7.42. The van der Waals surface area contributed by atoms with Gasteiger partial charge in [-0.2, -0.15) is 0 Å². The van der Waals surface area contributed by atoms with E-state index in [9.17, 15) is 10.2 Å². The molecule has 0 radical (unpaired) electrons. The van der Waals surface area contributed by atoms with Gasteiger partial charge in [0.25, 0.3) is 0 Å². The van der Waals surface area contributed by atoms with Gasteiger partial charge in [0.1, 0.15) is 5.75 Å². The third kappa shape index (κ3) is 2.83. The van der Waals surface area contributed by atoms with Gasteiger partial charge in [-0.05, 0) is 37.0 Å². The number of benzene rings is 1. The van der Waals surface area contributed by atoms with Crippen LogP contribution in [0.4, 0.5) is 0 Å². The molecule has 0 aromatic heterocycles. The molecule has 3 N–H and O–H groups in total. The number of aliphatic hydroxyl groups excluding tert-OH is 2. The van der Waals surface area contributed by atoms with Crippen molar-refractivity contribution in [2.24, 2.45) is 0 Å². The first-order chi connectivity index (χ1) is 8.69. The van der Waals surface area contributed by atoms with E-state index in [0.717, 1.165) is 30.6 Å². The van der Waals surface area contributed by atoms with E-state index in [0.29, 0.717) is 6.54 Å². The number of methoxy groups -OCH3 is 1. The van der Waals surface area contributed by atoms with Crippen LogP contribution in [0.2, 0.25) is 0 Å². The van der Waals surface area contributed by atoms with Gasteiger partial charge in [0.05, 0.1) is 19.8 Å². The fraction of sp³-hybridized carbons (Fsp3) is 0.571. The monoisotopic (exact) mass is 251 g/mol. The molecule has 100 valence electrons. The fourth-order valence-electron chi connectivity index (χ4n) is 2.27. The van der Waals surface area contributed by atoms with Crippen LogP contribution < -0.4 is 10.1 Å². The maximum atomic E-state index is 10.1. The molecule has 4 nitrogen and oxygen atoms in total. The predicted molar refractivity (Wildman–Crippen MR) is 69.6 cm³/mol. The molecule has 1 saturated carbocycles. The average Bonchev–Trinajstić information content (AvgIpc) is 2.38. The molecule has 1 aliphatic rings. The number of β-amino-alcohol motifs (C(OH)–C–C–N with tert-alkyl or cyclic N) is 1. The molecule has 0 saturated heterocycles. The van der Waals surface area contributed by atoms with Gasteiger partial charge in [-0.25, -0.2) is 0 Å². The van der Waals surface area contributed by atoms with Crippen LogP contribution in [0.1, 0.15) is 30.9 Å². The molecule has 0 heterocycles. The molecule has 1 atom stereocenters. The molecule has 0 amide bonds. The number of rotatable bonds is 6. The first kappa shape index (κ1) is 13.3. The van der Waals surface area contributed by atoms with E-state index in [-0.39, 0.29) is 12.1 Å². The van der Waals surface area contributed by atoms with Gasteiger partial charge in [0.2, 0.25) is 0 Å². The molecule has 1 aromatic rings. The summed E-state index contributed by atoms with van der Waals surface area (Å²) in [6.45, 7) is 0.589. The van der Waals surface area contributed by atoms with Crippen molar-refractivity contribution in [1.29, 1.82) is 0 Å². The Hall–Kier alpha value is -1.10. The van der Waals surface area contributed by atoms with Gasteiger partial charge >= 0.3 is 0 Å². The number of ether oxygens (including phenoxy) is 1. The van der Waals surface area contributed by atoms with E-state index < -0.39 is 6.10 Å².